The number of aryl methyl sites for hydroxylation is 4. The highest BCUT2D eigenvalue weighted by molar-refractivity contribution is 6.13. The fraction of sp³-hybridized carbons (Fsp3) is 0.0769. The third kappa shape index (κ3) is 5.32. The topological polar surface area (TPSA) is 27.1 Å². The molecule has 7 aromatic carbocycles. The lowest BCUT2D eigenvalue weighted by atomic mass is 9.99. The van der Waals surface area contributed by atoms with Crippen molar-refractivity contribution in [2.75, 3.05) is 0 Å². The van der Waals surface area contributed by atoms with E-state index < -0.39 is 0 Å². The van der Waals surface area contributed by atoms with Gasteiger partial charge in [0.05, 0.1) is 52.4 Å². The van der Waals surface area contributed by atoms with Crippen LogP contribution in [0.25, 0.3) is 93.2 Å². The maximum absolute atomic E-state index is 8.36. The van der Waals surface area contributed by atoms with Crippen molar-refractivity contribution in [1.82, 2.24) is 14.1 Å². The molecule has 0 aliphatic rings. The molecule has 0 aliphatic heterocycles. The van der Waals surface area contributed by atoms with Gasteiger partial charge in [0.15, 0.2) is 5.69 Å². The number of hydrogen-bond acceptors (Lipinski definition) is 1. The summed E-state index contributed by atoms with van der Waals surface area (Å²) in [4.78, 5) is 9.15. The molecule has 3 aromatic heterocycles. The molecule has 0 fully saturated rings. The predicted molar refractivity (Wildman–Crippen MR) is 234 cm³/mol. The lowest BCUT2D eigenvalue weighted by molar-refractivity contribution is 1.09. The molecule has 0 amide bonds. The van der Waals surface area contributed by atoms with Gasteiger partial charge in [-0.15, -0.1) is 0 Å². The van der Waals surface area contributed by atoms with Crippen molar-refractivity contribution < 1.29 is 0 Å². The minimum absolute atomic E-state index is 0.592. The standard InChI is InChI=1S/C52H38N4/c1-32-22-33(2)25-38(24-32)36-18-20-42-40-12-7-10-16-46(40)55(48(42)28-36)50-30-54-31-51(52(50)44-14-6-9-15-45(44)53-5)56-47-17-11-8-13-41(47)43-21-19-37(29-49(43)56)39-26-34(3)23-35(4)27-39/h6-31H,1-4H3. The summed E-state index contributed by atoms with van der Waals surface area (Å²) >= 11 is 0. The Morgan fingerprint density at radius 3 is 1.34 bits per heavy atom. The van der Waals surface area contributed by atoms with E-state index in [9.17, 15) is 0 Å². The highest BCUT2D eigenvalue weighted by Crippen LogP contribution is 2.45. The molecule has 0 unspecified atom stereocenters. The fourth-order valence-electron chi connectivity index (χ4n) is 8.94. The van der Waals surface area contributed by atoms with E-state index in [1.54, 1.807) is 0 Å². The maximum atomic E-state index is 8.36. The first-order chi connectivity index (χ1) is 27.4. The lowest BCUT2D eigenvalue weighted by Crippen LogP contribution is -2.05. The van der Waals surface area contributed by atoms with Crippen LogP contribution in [0.2, 0.25) is 0 Å². The van der Waals surface area contributed by atoms with Crippen LogP contribution in [-0.4, -0.2) is 14.1 Å². The number of hydrogen-bond donors (Lipinski definition) is 0. The van der Waals surface area contributed by atoms with E-state index in [-0.39, 0.29) is 0 Å². The minimum Gasteiger partial charge on any atom is -0.307 e. The van der Waals surface area contributed by atoms with Crippen molar-refractivity contribution in [2.45, 2.75) is 27.7 Å². The first-order valence-corrected chi connectivity index (χ1v) is 19.1. The second kappa shape index (κ2) is 13.0. The third-order valence-corrected chi connectivity index (χ3v) is 11.1. The van der Waals surface area contributed by atoms with Crippen LogP contribution >= 0.6 is 0 Å². The zero-order chi connectivity index (χ0) is 38.1. The molecular formula is C52H38N4. The first-order valence-electron chi connectivity index (χ1n) is 19.1. The van der Waals surface area contributed by atoms with Crippen LogP contribution in [0.5, 0.6) is 0 Å². The number of para-hydroxylation sites is 3. The molecule has 4 nitrogen and oxygen atoms in total. The second-order valence-electron chi connectivity index (χ2n) is 15.1. The molecule has 0 radical (unpaired) electrons. The Morgan fingerprint density at radius 2 is 0.857 bits per heavy atom. The molecule has 0 atom stereocenters. The van der Waals surface area contributed by atoms with Gasteiger partial charge in [-0.05, 0) is 79.8 Å². The lowest BCUT2D eigenvalue weighted by Gasteiger charge is -2.20. The molecule has 0 saturated heterocycles. The Hall–Kier alpha value is -7.22. The van der Waals surface area contributed by atoms with Gasteiger partial charge >= 0.3 is 0 Å². The van der Waals surface area contributed by atoms with Crippen molar-refractivity contribution in [3.63, 3.8) is 0 Å². The summed E-state index contributed by atoms with van der Waals surface area (Å²) in [5.41, 5.74) is 18.2. The summed E-state index contributed by atoms with van der Waals surface area (Å²) in [5, 5.41) is 4.66. The number of fused-ring (bicyclic) bond motifs is 6. The van der Waals surface area contributed by atoms with Crippen LogP contribution in [0, 0.1) is 34.3 Å². The Kier molecular flexibility index (Phi) is 7.73. The number of aromatic nitrogens is 3. The summed E-state index contributed by atoms with van der Waals surface area (Å²) in [7, 11) is 0. The van der Waals surface area contributed by atoms with E-state index in [0.717, 1.165) is 55.7 Å². The van der Waals surface area contributed by atoms with Crippen molar-refractivity contribution in [3.05, 3.63) is 192 Å². The van der Waals surface area contributed by atoms with Crippen molar-refractivity contribution in [3.8, 4) is 44.8 Å². The summed E-state index contributed by atoms with van der Waals surface area (Å²) in [5.74, 6) is 0. The van der Waals surface area contributed by atoms with Gasteiger partial charge in [-0.1, -0.05) is 144 Å². The summed E-state index contributed by atoms with van der Waals surface area (Å²) in [6, 6.07) is 52.3. The molecule has 56 heavy (non-hydrogen) atoms. The van der Waals surface area contributed by atoms with Crippen LogP contribution in [-0.2, 0) is 0 Å². The van der Waals surface area contributed by atoms with E-state index in [1.165, 1.54) is 54.9 Å². The summed E-state index contributed by atoms with van der Waals surface area (Å²) < 4.78 is 4.72. The normalized spacial score (nSPS) is 11.6. The van der Waals surface area contributed by atoms with Crippen LogP contribution in [0.1, 0.15) is 22.3 Å². The van der Waals surface area contributed by atoms with Gasteiger partial charge in [-0.2, -0.15) is 0 Å². The van der Waals surface area contributed by atoms with Crippen molar-refractivity contribution >= 4 is 49.3 Å². The van der Waals surface area contributed by atoms with E-state index in [1.807, 2.05) is 30.6 Å². The van der Waals surface area contributed by atoms with Gasteiger partial charge < -0.3 is 9.13 Å². The maximum Gasteiger partial charge on any atom is 0.195 e. The van der Waals surface area contributed by atoms with Crippen LogP contribution in [0.4, 0.5) is 5.69 Å². The zero-order valence-electron chi connectivity index (χ0n) is 31.8. The monoisotopic (exact) mass is 718 g/mol. The van der Waals surface area contributed by atoms with Gasteiger partial charge in [-0.3, -0.25) is 4.98 Å². The van der Waals surface area contributed by atoms with E-state index in [4.69, 9.17) is 11.6 Å². The Balaban J connectivity index is 1.34. The highest BCUT2D eigenvalue weighted by atomic mass is 15.0. The predicted octanol–water partition coefficient (Wildman–Crippen LogP) is 14.1. The quantitative estimate of drug-likeness (QED) is 0.163. The molecule has 0 saturated carbocycles. The van der Waals surface area contributed by atoms with E-state index in [0.29, 0.717) is 5.69 Å². The van der Waals surface area contributed by atoms with Crippen LogP contribution in [0.3, 0.4) is 0 Å². The Bertz CT molecular complexity index is 3030. The van der Waals surface area contributed by atoms with Crippen molar-refractivity contribution in [2.24, 2.45) is 0 Å². The molecule has 3 heterocycles. The van der Waals surface area contributed by atoms with Gasteiger partial charge in [0.2, 0.25) is 0 Å². The number of benzene rings is 7. The first kappa shape index (κ1) is 33.4. The van der Waals surface area contributed by atoms with Gasteiger partial charge in [0.25, 0.3) is 0 Å². The molecule has 0 aliphatic carbocycles. The number of rotatable bonds is 5. The van der Waals surface area contributed by atoms with E-state index in [2.05, 4.69) is 169 Å². The summed E-state index contributed by atoms with van der Waals surface area (Å²) in [6.45, 7) is 17.0. The molecule has 0 spiro atoms. The third-order valence-electron chi connectivity index (χ3n) is 11.1. The Morgan fingerprint density at radius 1 is 0.429 bits per heavy atom. The second-order valence-corrected chi connectivity index (χ2v) is 15.1. The van der Waals surface area contributed by atoms with Gasteiger partial charge in [-0.25, -0.2) is 4.85 Å². The molecule has 10 aromatic rings. The highest BCUT2D eigenvalue weighted by Gasteiger charge is 2.24. The molecule has 4 heteroatoms. The van der Waals surface area contributed by atoms with Crippen molar-refractivity contribution in [1.29, 1.82) is 0 Å². The SMILES string of the molecule is [C-]#[N+]c1ccccc1-c1c(-n2c3ccccc3c3ccc(-c4cc(C)cc(C)c4)cc32)cncc1-n1c2ccccc2c2ccc(-c3cc(C)cc(C)c3)cc21. The van der Waals surface area contributed by atoms with Crippen LogP contribution < -0.4 is 0 Å². The average molecular weight is 719 g/mol. The molecule has 10 rings (SSSR count). The van der Waals surface area contributed by atoms with Gasteiger partial charge in [0, 0.05) is 27.1 Å². The smallest absolute Gasteiger partial charge is 0.195 e. The molecule has 266 valence electrons. The molecular weight excluding hydrogens is 681 g/mol. The number of pyridine rings is 1. The Labute approximate surface area is 326 Å². The molecule has 0 bridgehead atoms. The fourth-order valence-corrected chi connectivity index (χ4v) is 8.94. The largest absolute Gasteiger partial charge is 0.307 e. The summed E-state index contributed by atoms with van der Waals surface area (Å²) in [6.07, 6.45) is 3.95. The minimum atomic E-state index is 0.592. The average Bonchev–Trinajstić information content (AvgIpc) is 3.72. The van der Waals surface area contributed by atoms with Gasteiger partial charge in [0.1, 0.15) is 0 Å². The van der Waals surface area contributed by atoms with Crippen LogP contribution in [0.15, 0.2) is 158 Å². The zero-order valence-corrected chi connectivity index (χ0v) is 31.8. The number of nitrogens with zero attached hydrogens (tertiary/aromatic N) is 4. The molecule has 0 N–H and O–H groups in total. The van der Waals surface area contributed by atoms with E-state index >= 15 is 0 Å².